The van der Waals surface area contributed by atoms with E-state index in [9.17, 15) is 13.2 Å². The van der Waals surface area contributed by atoms with E-state index < -0.39 is 22.2 Å². The normalized spacial score (nSPS) is 11.9. The average Bonchev–Trinajstić information content (AvgIpc) is 1.63. The molecular weight excluding hydrogens is 187 g/mol. The third kappa shape index (κ3) is 6.88. The van der Waals surface area contributed by atoms with Crippen molar-refractivity contribution in [2.24, 2.45) is 0 Å². The first-order chi connectivity index (χ1) is 4.04. The van der Waals surface area contributed by atoms with Crippen LogP contribution in [0.2, 0.25) is 0 Å². The first-order valence-electron chi connectivity index (χ1n) is 2.08. The van der Waals surface area contributed by atoms with Gasteiger partial charge in [0.05, 0.1) is 5.25 Å². The van der Waals surface area contributed by atoms with E-state index in [1.54, 1.807) is 0 Å². The fourth-order valence-corrected chi connectivity index (χ4v) is 0.591. The molecule has 0 bridgehead atoms. The second-order valence-electron chi connectivity index (χ2n) is 1.31. The molecule has 0 saturated carbocycles. The van der Waals surface area contributed by atoms with E-state index >= 15 is 0 Å². The van der Waals surface area contributed by atoms with Crippen LogP contribution in [0.1, 0.15) is 6.92 Å². The average molecular weight is 194 g/mol. The Morgan fingerprint density at radius 1 is 1.60 bits per heavy atom. The summed E-state index contributed by atoms with van der Waals surface area (Å²) in [6.45, 7) is 1.42. The van der Waals surface area contributed by atoms with Crippen LogP contribution in [-0.2, 0) is 20.0 Å². The molecule has 56 valence electrons. The van der Waals surface area contributed by atoms with E-state index in [0.717, 1.165) is 0 Å². The summed E-state index contributed by atoms with van der Waals surface area (Å²) in [6, 6.07) is 0. The molecular formula is C3H7NaO4S2. The molecule has 0 amide bonds. The van der Waals surface area contributed by atoms with E-state index in [1.807, 2.05) is 0 Å². The van der Waals surface area contributed by atoms with Crippen molar-refractivity contribution in [3.63, 3.8) is 0 Å². The third-order valence-corrected chi connectivity index (χ3v) is 1.05. The second kappa shape index (κ2) is 6.48. The number of carbonyl (C=O) groups excluding carboxylic acids is 1. The Kier molecular flexibility index (Phi) is 8.66. The molecule has 1 atom stereocenters. The topological polar surface area (TPSA) is 60.4 Å². The van der Waals surface area contributed by atoms with Crippen molar-refractivity contribution in [2.45, 2.75) is 12.2 Å². The van der Waals surface area contributed by atoms with E-state index in [2.05, 4.69) is 16.8 Å². The summed E-state index contributed by atoms with van der Waals surface area (Å²) in [5, 5.41) is -0.696. The number of thiol groups is 2. The predicted octanol–water partition coefficient (Wildman–Crippen LogP) is -1.27. The molecule has 0 aromatic heterocycles. The van der Waals surface area contributed by atoms with Crippen molar-refractivity contribution < 1.29 is 17.4 Å². The Morgan fingerprint density at radius 3 is 2.10 bits per heavy atom. The first-order valence-corrected chi connectivity index (χ1v) is 3.69. The third-order valence-electron chi connectivity index (χ3n) is 0.506. The van der Waals surface area contributed by atoms with Crippen molar-refractivity contribution in [2.75, 3.05) is 0 Å². The van der Waals surface area contributed by atoms with E-state index in [0.29, 0.717) is 0 Å². The van der Waals surface area contributed by atoms with Crippen LogP contribution >= 0.6 is 12.6 Å². The van der Waals surface area contributed by atoms with Crippen LogP contribution in [-0.4, -0.2) is 49.2 Å². The molecule has 0 aliphatic heterocycles. The summed E-state index contributed by atoms with van der Waals surface area (Å²) in [7, 11) is -3.07. The van der Waals surface area contributed by atoms with Gasteiger partial charge in [0.25, 0.3) is 0 Å². The summed E-state index contributed by atoms with van der Waals surface area (Å²) < 4.78 is 23.1. The quantitative estimate of drug-likeness (QED) is 0.425. The summed E-state index contributed by atoms with van der Waals surface area (Å²) >= 11 is 3.63. The molecule has 4 nitrogen and oxygen atoms in total. The SMILES string of the molecule is CC(S)C(=O)O[SH](=O)=O.[NaH]. The molecule has 7 heteroatoms. The maximum absolute atomic E-state index is 10.3. The molecule has 0 aliphatic carbocycles. The van der Waals surface area contributed by atoms with Gasteiger partial charge in [-0.1, -0.05) is 0 Å². The standard InChI is InChI=1S/C3H6O4S2.Na.H/c1-2(8)3(4)7-9(5)6;;/h2,8-9H,1H3;;. The van der Waals surface area contributed by atoms with Gasteiger partial charge >= 0.3 is 46.5 Å². The summed E-state index contributed by atoms with van der Waals surface area (Å²) in [5.74, 6) is -0.852. The zero-order valence-electron chi connectivity index (χ0n) is 4.60. The van der Waals surface area contributed by atoms with E-state index in [1.165, 1.54) is 6.92 Å². The Labute approximate surface area is 88.2 Å². The van der Waals surface area contributed by atoms with Crippen LogP contribution in [0.3, 0.4) is 0 Å². The fourth-order valence-electron chi connectivity index (χ4n) is 0.150. The number of hydrogen-bond acceptors (Lipinski definition) is 5. The van der Waals surface area contributed by atoms with Crippen molar-refractivity contribution in [3.8, 4) is 0 Å². The van der Waals surface area contributed by atoms with Crippen molar-refractivity contribution in [1.82, 2.24) is 0 Å². The van der Waals surface area contributed by atoms with Gasteiger partial charge in [-0.2, -0.15) is 21.0 Å². The Hall–Kier alpha value is 0.770. The molecule has 10 heavy (non-hydrogen) atoms. The predicted molar refractivity (Wildman–Crippen MR) is 42.0 cm³/mol. The molecule has 0 spiro atoms. The molecule has 0 heterocycles. The number of hydrogen-bond donors (Lipinski definition) is 2. The molecule has 1 unspecified atom stereocenters. The fraction of sp³-hybridized carbons (Fsp3) is 0.667. The minimum absolute atomic E-state index is 0. The van der Waals surface area contributed by atoms with Gasteiger partial charge in [-0.25, -0.2) is 4.79 Å². The molecule has 0 aliphatic rings. The molecule has 0 saturated heterocycles. The maximum atomic E-state index is 10.3. The summed E-state index contributed by atoms with van der Waals surface area (Å²) in [4.78, 5) is 10.3. The van der Waals surface area contributed by atoms with Crippen LogP contribution < -0.4 is 0 Å². The zero-order valence-corrected chi connectivity index (χ0v) is 6.39. The number of carbonyl (C=O) groups is 1. The molecule has 0 N–H and O–H groups in total. The van der Waals surface area contributed by atoms with Gasteiger partial charge in [-0.05, 0) is 6.92 Å². The van der Waals surface area contributed by atoms with Crippen LogP contribution in [0.25, 0.3) is 0 Å². The molecule has 0 radical (unpaired) electrons. The van der Waals surface area contributed by atoms with Crippen LogP contribution in [0, 0.1) is 0 Å². The van der Waals surface area contributed by atoms with Gasteiger partial charge in [0.1, 0.15) is 0 Å². The Morgan fingerprint density at radius 2 is 2.00 bits per heavy atom. The van der Waals surface area contributed by atoms with Gasteiger partial charge < -0.3 is 4.18 Å². The minimum atomic E-state index is -3.07. The van der Waals surface area contributed by atoms with Crippen LogP contribution in [0.15, 0.2) is 0 Å². The van der Waals surface area contributed by atoms with Gasteiger partial charge in [0.2, 0.25) is 0 Å². The molecule has 0 fully saturated rings. The van der Waals surface area contributed by atoms with Gasteiger partial charge in [-0.15, -0.1) is 0 Å². The van der Waals surface area contributed by atoms with Crippen LogP contribution in [0.5, 0.6) is 0 Å². The molecule has 0 aromatic rings. The Bertz CT molecular complexity index is 167. The van der Waals surface area contributed by atoms with E-state index in [4.69, 9.17) is 0 Å². The van der Waals surface area contributed by atoms with Gasteiger partial charge in [-0.3, -0.25) is 0 Å². The van der Waals surface area contributed by atoms with E-state index in [-0.39, 0.29) is 29.6 Å². The number of rotatable bonds is 2. The van der Waals surface area contributed by atoms with Gasteiger partial charge in [0.15, 0.2) is 0 Å². The van der Waals surface area contributed by atoms with Crippen molar-refractivity contribution in [1.29, 1.82) is 0 Å². The first kappa shape index (κ1) is 13.4. The van der Waals surface area contributed by atoms with Crippen molar-refractivity contribution >= 4 is 59.1 Å². The van der Waals surface area contributed by atoms with Crippen molar-refractivity contribution in [3.05, 3.63) is 0 Å². The van der Waals surface area contributed by atoms with Crippen LogP contribution in [0.4, 0.5) is 0 Å². The molecule has 0 rings (SSSR count). The summed E-state index contributed by atoms with van der Waals surface area (Å²) in [5.41, 5.74) is 0. The second-order valence-corrected chi connectivity index (χ2v) is 2.71. The zero-order chi connectivity index (χ0) is 7.44. The van der Waals surface area contributed by atoms with Gasteiger partial charge in [0, 0.05) is 0 Å². The Balaban J connectivity index is 0. The summed E-state index contributed by atoms with van der Waals surface area (Å²) in [6.07, 6.45) is 0. The monoisotopic (exact) mass is 194 g/mol. The molecule has 0 aromatic carbocycles.